The van der Waals surface area contributed by atoms with Gasteiger partial charge in [0.25, 0.3) is 0 Å². The summed E-state index contributed by atoms with van der Waals surface area (Å²) < 4.78 is 32.8. The minimum atomic E-state index is -3.60. The van der Waals surface area contributed by atoms with E-state index in [9.17, 15) is 8.42 Å². The minimum absolute atomic E-state index is 0.172. The van der Waals surface area contributed by atoms with Gasteiger partial charge in [-0.15, -0.1) is 0 Å². The Morgan fingerprint density at radius 3 is 2.57 bits per heavy atom. The molecule has 7 nitrogen and oxygen atoms in total. The van der Waals surface area contributed by atoms with Gasteiger partial charge in [-0.25, -0.2) is 13.1 Å². The van der Waals surface area contributed by atoms with E-state index in [0.717, 1.165) is 0 Å². The van der Waals surface area contributed by atoms with Crippen molar-refractivity contribution in [3.8, 4) is 0 Å². The number of hydrogen-bond acceptors (Lipinski definition) is 5. The van der Waals surface area contributed by atoms with Crippen LogP contribution in [0.15, 0.2) is 4.90 Å². The molecule has 21 heavy (non-hydrogen) atoms. The number of hydrogen-bond donors (Lipinski definition) is 3. The van der Waals surface area contributed by atoms with Crippen molar-refractivity contribution < 1.29 is 13.2 Å². The second kappa shape index (κ2) is 7.88. The summed E-state index contributed by atoms with van der Waals surface area (Å²) in [7, 11) is -3.60. The van der Waals surface area contributed by atoms with Crippen molar-refractivity contribution in [3.05, 3.63) is 11.4 Å². The Bertz CT molecular complexity index is 540. The number of rotatable bonds is 9. The molecule has 1 rings (SSSR count). The summed E-state index contributed by atoms with van der Waals surface area (Å²) in [6.07, 6.45) is -0.172. The molecular weight excluding hydrogens is 292 g/mol. The van der Waals surface area contributed by atoms with Crippen LogP contribution in [0.5, 0.6) is 0 Å². The van der Waals surface area contributed by atoms with Crippen LogP contribution in [0.2, 0.25) is 0 Å². The fourth-order valence-electron chi connectivity index (χ4n) is 1.89. The molecule has 0 radical (unpaired) electrons. The maximum absolute atomic E-state index is 12.4. The van der Waals surface area contributed by atoms with Gasteiger partial charge in [-0.05, 0) is 20.8 Å². The van der Waals surface area contributed by atoms with Crippen LogP contribution < -0.4 is 10.0 Å². The highest BCUT2D eigenvalue weighted by Crippen LogP contribution is 2.17. The van der Waals surface area contributed by atoms with Crippen molar-refractivity contribution in [2.45, 2.75) is 58.2 Å². The van der Waals surface area contributed by atoms with Gasteiger partial charge in [-0.1, -0.05) is 13.8 Å². The molecular formula is C13H26N4O3S. The van der Waals surface area contributed by atoms with Gasteiger partial charge in [0.15, 0.2) is 0 Å². The third-order valence-electron chi connectivity index (χ3n) is 2.92. The number of nitrogens with zero attached hydrogens (tertiary/aromatic N) is 1. The quantitative estimate of drug-likeness (QED) is 0.629. The zero-order valence-electron chi connectivity index (χ0n) is 13.4. The van der Waals surface area contributed by atoms with Gasteiger partial charge in [0.1, 0.15) is 4.90 Å². The van der Waals surface area contributed by atoms with E-state index in [4.69, 9.17) is 4.74 Å². The number of sulfonamides is 1. The summed E-state index contributed by atoms with van der Waals surface area (Å²) in [5, 5.41) is 9.99. The Morgan fingerprint density at radius 2 is 2.00 bits per heavy atom. The van der Waals surface area contributed by atoms with Crippen molar-refractivity contribution in [2.24, 2.45) is 0 Å². The van der Waals surface area contributed by atoms with Crippen molar-refractivity contribution in [2.75, 3.05) is 13.2 Å². The van der Waals surface area contributed by atoms with Gasteiger partial charge < -0.3 is 10.1 Å². The molecule has 0 aliphatic carbocycles. The van der Waals surface area contributed by atoms with Crippen molar-refractivity contribution in [3.63, 3.8) is 0 Å². The largest absolute Gasteiger partial charge is 0.377 e. The molecule has 1 aromatic rings. The topological polar surface area (TPSA) is 96.1 Å². The first-order valence-corrected chi connectivity index (χ1v) is 8.64. The van der Waals surface area contributed by atoms with Crippen LogP contribution in [-0.2, 0) is 21.3 Å². The van der Waals surface area contributed by atoms with Crippen LogP contribution in [0.25, 0.3) is 0 Å². The van der Waals surface area contributed by atoms with Crippen molar-refractivity contribution >= 4 is 10.0 Å². The molecule has 1 aromatic heterocycles. The van der Waals surface area contributed by atoms with Crippen LogP contribution in [0, 0.1) is 6.92 Å². The lowest BCUT2D eigenvalue weighted by molar-refractivity contribution is 0.0799. The summed E-state index contributed by atoms with van der Waals surface area (Å²) in [5.41, 5.74) is 1.03. The average Bonchev–Trinajstić information content (AvgIpc) is 2.76. The van der Waals surface area contributed by atoms with E-state index in [-0.39, 0.29) is 23.6 Å². The predicted octanol–water partition coefficient (Wildman–Crippen LogP) is 0.919. The van der Waals surface area contributed by atoms with Gasteiger partial charge >= 0.3 is 0 Å². The van der Waals surface area contributed by atoms with E-state index in [0.29, 0.717) is 24.5 Å². The van der Waals surface area contributed by atoms with E-state index in [1.165, 1.54) is 0 Å². The fraction of sp³-hybridized carbons (Fsp3) is 0.769. The molecule has 8 heteroatoms. The average molecular weight is 318 g/mol. The molecule has 0 aliphatic rings. The maximum atomic E-state index is 12.4. The Balaban J connectivity index is 2.84. The number of H-pyrrole nitrogens is 1. The molecule has 0 saturated heterocycles. The first kappa shape index (κ1) is 18.1. The molecule has 1 heterocycles. The van der Waals surface area contributed by atoms with E-state index >= 15 is 0 Å². The molecule has 0 amide bonds. The molecule has 0 fully saturated rings. The highest BCUT2D eigenvalue weighted by molar-refractivity contribution is 7.89. The highest BCUT2D eigenvalue weighted by atomic mass is 32.2. The summed E-state index contributed by atoms with van der Waals surface area (Å²) >= 11 is 0. The maximum Gasteiger partial charge on any atom is 0.244 e. The molecule has 122 valence electrons. The van der Waals surface area contributed by atoms with Crippen LogP contribution in [0.4, 0.5) is 0 Å². The molecule has 0 bridgehead atoms. The van der Waals surface area contributed by atoms with E-state index in [1.807, 2.05) is 27.7 Å². The second-order valence-corrected chi connectivity index (χ2v) is 6.98. The first-order valence-electron chi connectivity index (χ1n) is 7.16. The van der Waals surface area contributed by atoms with Crippen LogP contribution in [-0.4, -0.2) is 43.9 Å². The number of aromatic nitrogens is 2. The second-order valence-electron chi connectivity index (χ2n) is 5.28. The standard InChI is InChI=1S/C13H26N4O3S/c1-6-20-10(4)7-15-21(18,19)13-11(5)16-17-12(13)8-14-9(2)3/h9-10,14-15H,6-8H2,1-5H3,(H,16,17). The third-order valence-corrected chi connectivity index (χ3v) is 4.55. The molecule has 1 unspecified atom stereocenters. The number of ether oxygens (including phenoxy) is 1. The molecule has 0 aromatic carbocycles. The summed E-state index contributed by atoms with van der Waals surface area (Å²) in [5.74, 6) is 0. The van der Waals surface area contributed by atoms with E-state index in [2.05, 4.69) is 20.2 Å². The SMILES string of the molecule is CCOC(C)CNS(=O)(=O)c1c(CNC(C)C)n[nH]c1C. The molecule has 0 aliphatic heterocycles. The zero-order chi connectivity index (χ0) is 16.0. The van der Waals surface area contributed by atoms with Crippen LogP contribution in [0.3, 0.4) is 0 Å². The first-order chi connectivity index (χ1) is 9.77. The minimum Gasteiger partial charge on any atom is -0.377 e. The monoisotopic (exact) mass is 318 g/mol. The lowest BCUT2D eigenvalue weighted by Gasteiger charge is -2.14. The highest BCUT2D eigenvalue weighted by Gasteiger charge is 2.24. The zero-order valence-corrected chi connectivity index (χ0v) is 14.2. The third kappa shape index (κ3) is 5.39. The number of nitrogens with one attached hydrogen (secondary N) is 3. The summed E-state index contributed by atoms with van der Waals surface area (Å²) in [6.45, 7) is 10.6. The lowest BCUT2D eigenvalue weighted by atomic mass is 10.3. The van der Waals surface area contributed by atoms with Gasteiger partial charge in [0.2, 0.25) is 10.0 Å². The van der Waals surface area contributed by atoms with E-state index in [1.54, 1.807) is 6.92 Å². The van der Waals surface area contributed by atoms with E-state index < -0.39 is 10.0 Å². The molecule has 1 atom stereocenters. The molecule has 0 saturated carbocycles. The van der Waals surface area contributed by atoms with Gasteiger partial charge in [-0.3, -0.25) is 5.10 Å². The predicted molar refractivity (Wildman–Crippen MR) is 81.6 cm³/mol. The summed E-state index contributed by atoms with van der Waals surface area (Å²) in [6, 6.07) is 0.253. The van der Waals surface area contributed by atoms with Crippen molar-refractivity contribution in [1.29, 1.82) is 0 Å². The Kier molecular flexibility index (Phi) is 6.79. The van der Waals surface area contributed by atoms with Crippen molar-refractivity contribution in [1.82, 2.24) is 20.2 Å². The Morgan fingerprint density at radius 1 is 1.33 bits per heavy atom. The smallest absolute Gasteiger partial charge is 0.244 e. The Hall–Kier alpha value is -0.960. The Labute approximate surface area is 126 Å². The van der Waals surface area contributed by atoms with Gasteiger partial charge in [0, 0.05) is 25.7 Å². The van der Waals surface area contributed by atoms with Gasteiger partial charge in [0.05, 0.1) is 17.5 Å². The van der Waals surface area contributed by atoms with Gasteiger partial charge in [-0.2, -0.15) is 5.10 Å². The number of aryl methyl sites for hydroxylation is 1. The number of aromatic amines is 1. The summed E-state index contributed by atoms with van der Waals surface area (Å²) in [4.78, 5) is 0.222. The normalized spacial score (nSPS) is 13.8. The molecule has 3 N–H and O–H groups in total. The molecule has 0 spiro atoms. The van der Waals surface area contributed by atoms with Crippen LogP contribution in [0.1, 0.15) is 39.1 Å². The fourth-order valence-corrected chi connectivity index (χ4v) is 3.36. The lowest BCUT2D eigenvalue weighted by Crippen LogP contribution is -2.33. The van der Waals surface area contributed by atoms with Crippen LogP contribution >= 0.6 is 0 Å².